The second-order valence-electron chi connectivity index (χ2n) is 8.77. The third kappa shape index (κ3) is 4.40. The minimum atomic E-state index is -3.75. The van der Waals surface area contributed by atoms with Gasteiger partial charge in [-0.1, -0.05) is 20.3 Å². The third-order valence-electron chi connectivity index (χ3n) is 6.21. The number of carbonyl (C=O) groups is 2. The van der Waals surface area contributed by atoms with Crippen molar-refractivity contribution >= 4 is 34.2 Å². The first kappa shape index (κ1) is 23.8. The van der Waals surface area contributed by atoms with Gasteiger partial charge < -0.3 is 9.32 Å². The molecule has 2 amide bonds. The van der Waals surface area contributed by atoms with Crippen molar-refractivity contribution in [3.8, 4) is 0 Å². The summed E-state index contributed by atoms with van der Waals surface area (Å²) in [4.78, 5) is 30.0. The lowest BCUT2D eigenvalue weighted by molar-refractivity contribution is -0.128. The van der Waals surface area contributed by atoms with Gasteiger partial charge in [-0.15, -0.1) is 12.4 Å². The van der Waals surface area contributed by atoms with E-state index in [1.54, 1.807) is 17.0 Å². The number of hydrogen-bond acceptors (Lipinski definition) is 6. The van der Waals surface area contributed by atoms with Crippen LogP contribution in [0, 0.1) is 11.8 Å². The predicted molar refractivity (Wildman–Crippen MR) is 118 cm³/mol. The Morgan fingerprint density at radius 1 is 1.19 bits per heavy atom. The summed E-state index contributed by atoms with van der Waals surface area (Å²) in [5.41, 5.74) is 0.384. The summed E-state index contributed by atoms with van der Waals surface area (Å²) in [7, 11) is -3.75. The average Bonchev–Trinajstić information content (AvgIpc) is 3.35. The highest BCUT2D eigenvalue weighted by atomic mass is 35.5. The van der Waals surface area contributed by atoms with Gasteiger partial charge in [0.05, 0.1) is 30.5 Å². The van der Waals surface area contributed by atoms with Crippen LogP contribution in [0.2, 0.25) is 0 Å². The summed E-state index contributed by atoms with van der Waals surface area (Å²) in [6.07, 6.45) is 6.30. The second kappa shape index (κ2) is 8.96. The number of likely N-dealkylation sites (tertiary alicyclic amines) is 1. The number of sulfonamides is 1. The predicted octanol–water partition coefficient (Wildman–Crippen LogP) is 2.47. The molecule has 2 atom stereocenters. The molecule has 1 aromatic rings. The van der Waals surface area contributed by atoms with E-state index < -0.39 is 27.9 Å². The molecule has 0 unspecified atom stereocenters. The van der Waals surface area contributed by atoms with Gasteiger partial charge in [-0.05, 0) is 50.1 Å². The quantitative estimate of drug-likeness (QED) is 0.655. The maximum Gasteiger partial charge on any atom is 0.290 e. The van der Waals surface area contributed by atoms with Crippen molar-refractivity contribution in [2.24, 2.45) is 11.8 Å². The zero-order chi connectivity index (χ0) is 21.6. The lowest BCUT2D eigenvalue weighted by Crippen LogP contribution is -2.42. The van der Waals surface area contributed by atoms with E-state index in [4.69, 9.17) is 4.42 Å². The summed E-state index contributed by atoms with van der Waals surface area (Å²) in [6, 6.07) is 2.92. The van der Waals surface area contributed by atoms with Crippen molar-refractivity contribution in [2.75, 3.05) is 25.9 Å². The fourth-order valence-corrected chi connectivity index (χ4v) is 5.85. The molecule has 0 aromatic carbocycles. The topological polar surface area (TPSA) is 91.1 Å². The lowest BCUT2D eigenvalue weighted by Gasteiger charge is -2.28. The minimum Gasteiger partial charge on any atom is -0.455 e. The molecule has 8 nitrogen and oxygen atoms in total. The first-order valence-corrected chi connectivity index (χ1v) is 12.4. The summed E-state index contributed by atoms with van der Waals surface area (Å²) in [5.74, 6) is -0.522. The molecule has 2 fully saturated rings. The van der Waals surface area contributed by atoms with E-state index in [1.807, 2.05) is 19.9 Å². The highest BCUT2D eigenvalue weighted by Crippen LogP contribution is 2.41. The van der Waals surface area contributed by atoms with Gasteiger partial charge in [0.1, 0.15) is 5.76 Å². The molecule has 4 rings (SSSR count). The number of piperidine rings is 1. The Bertz CT molecular complexity index is 981. The first-order chi connectivity index (χ1) is 14.2. The molecule has 172 valence electrons. The number of amides is 2. The van der Waals surface area contributed by atoms with E-state index in [9.17, 15) is 18.0 Å². The number of carbonyl (C=O) groups excluding carboxylic acids is 2. The Morgan fingerprint density at radius 3 is 2.48 bits per heavy atom. The van der Waals surface area contributed by atoms with Crippen molar-refractivity contribution < 1.29 is 22.4 Å². The summed E-state index contributed by atoms with van der Waals surface area (Å²) < 4.78 is 31.2. The smallest absolute Gasteiger partial charge is 0.290 e. The summed E-state index contributed by atoms with van der Waals surface area (Å²) in [6.45, 7) is 6.74. The van der Waals surface area contributed by atoms with Crippen LogP contribution in [0.4, 0.5) is 0 Å². The van der Waals surface area contributed by atoms with Gasteiger partial charge in [-0.3, -0.25) is 14.5 Å². The molecule has 4 heterocycles. The Hall–Kier alpha value is -1.84. The van der Waals surface area contributed by atoms with Crippen LogP contribution >= 0.6 is 12.4 Å². The van der Waals surface area contributed by atoms with E-state index >= 15 is 0 Å². The van der Waals surface area contributed by atoms with Crippen molar-refractivity contribution in [1.29, 1.82) is 0 Å². The van der Waals surface area contributed by atoms with Crippen LogP contribution in [0.15, 0.2) is 28.3 Å². The summed E-state index contributed by atoms with van der Waals surface area (Å²) in [5, 5.41) is 0. The zero-order valence-corrected chi connectivity index (χ0v) is 19.7. The Labute approximate surface area is 189 Å². The second-order valence-corrected chi connectivity index (χ2v) is 10.6. The van der Waals surface area contributed by atoms with Crippen LogP contribution in [-0.4, -0.2) is 66.3 Å². The normalized spacial score (nSPS) is 24.4. The number of nitrogens with zero attached hydrogens (tertiary/aromatic N) is 3. The monoisotopic (exact) mass is 471 g/mol. The number of hydrogen-bond donors (Lipinski definition) is 0. The molecule has 0 radical (unpaired) electrons. The molecule has 0 N–H and O–H groups in total. The number of fused-ring (bicyclic) bond motifs is 1. The molecule has 2 saturated heterocycles. The van der Waals surface area contributed by atoms with Crippen LogP contribution in [-0.2, 0) is 21.4 Å². The number of halogens is 1. The van der Waals surface area contributed by atoms with Gasteiger partial charge in [-0.2, -0.15) is 0 Å². The SMILES string of the molecule is CC(C)[C@H]1C(=O)N(S(C)(=O)=O)C2=CCN(C(=O)c3ccc(CN4CCCCC4)o3)[C@@H]21.Cl. The lowest BCUT2D eigenvalue weighted by atomic mass is 9.89. The van der Waals surface area contributed by atoms with E-state index in [0.717, 1.165) is 29.4 Å². The molecule has 31 heavy (non-hydrogen) atoms. The van der Waals surface area contributed by atoms with Crippen LogP contribution in [0.3, 0.4) is 0 Å². The zero-order valence-electron chi connectivity index (χ0n) is 18.1. The van der Waals surface area contributed by atoms with E-state index in [1.165, 1.54) is 19.3 Å². The molecule has 0 saturated carbocycles. The Kier molecular flexibility index (Phi) is 6.88. The highest BCUT2D eigenvalue weighted by molar-refractivity contribution is 7.89. The van der Waals surface area contributed by atoms with E-state index in [0.29, 0.717) is 12.2 Å². The first-order valence-electron chi connectivity index (χ1n) is 10.5. The van der Waals surface area contributed by atoms with Gasteiger partial charge in [0.2, 0.25) is 15.9 Å². The Morgan fingerprint density at radius 2 is 1.87 bits per heavy atom. The van der Waals surface area contributed by atoms with E-state index in [-0.39, 0.29) is 36.5 Å². The van der Waals surface area contributed by atoms with Crippen molar-refractivity contribution in [2.45, 2.75) is 45.7 Å². The largest absolute Gasteiger partial charge is 0.455 e. The average molecular weight is 472 g/mol. The molecule has 3 aliphatic heterocycles. The number of furan rings is 1. The molecule has 0 bridgehead atoms. The van der Waals surface area contributed by atoms with Crippen LogP contribution in [0.25, 0.3) is 0 Å². The fraction of sp³-hybridized carbons (Fsp3) is 0.619. The molecule has 0 aliphatic carbocycles. The van der Waals surface area contributed by atoms with Gasteiger partial charge in [0.25, 0.3) is 5.91 Å². The molecule has 1 aromatic heterocycles. The minimum absolute atomic E-state index is 0. The molecule has 3 aliphatic rings. The molecule has 0 spiro atoms. The Balaban J connectivity index is 0.00000272. The maximum absolute atomic E-state index is 13.2. The van der Waals surface area contributed by atoms with Crippen LogP contribution in [0.5, 0.6) is 0 Å². The van der Waals surface area contributed by atoms with Gasteiger partial charge in [-0.25, -0.2) is 12.7 Å². The summed E-state index contributed by atoms with van der Waals surface area (Å²) >= 11 is 0. The molecule has 10 heteroatoms. The van der Waals surface area contributed by atoms with Crippen molar-refractivity contribution in [3.05, 3.63) is 35.4 Å². The molecular weight excluding hydrogens is 442 g/mol. The van der Waals surface area contributed by atoms with Gasteiger partial charge >= 0.3 is 0 Å². The highest BCUT2D eigenvalue weighted by Gasteiger charge is 2.55. The number of rotatable bonds is 5. The van der Waals surface area contributed by atoms with Crippen LogP contribution < -0.4 is 0 Å². The standard InChI is InChI=1S/C21H29N3O5S.ClH/c1-14(2)18-19-16(24(21(18)26)30(3,27)28)9-12-23(19)20(25)17-8-7-15(29-17)13-22-10-5-4-6-11-22;/h7-9,14,18-19H,4-6,10-13H2,1-3H3;1H/t18-,19+;/m1./s1. The van der Waals surface area contributed by atoms with Gasteiger partial charge in [0.15, 0.2) is 5.76 Å². The van der Waals surface area contributed by atoms with Crippen molar-refractivity contribution in [1.82, 2.24) is 14.1 Å². The third-order valence-corrected chi connectivity index (χ3v) is 7.26. The molecular formula is C21H30ClN3O5S. The van der Waals surface area contributed by atoms with E-state index in [2.05, 4.69) is 4.90 Å². The van der Waals surface area contributed by atoms with Crippen LogP contribution in [0.1, 0.15) is 49.4 Å². The van der Waals surface area contributed by atoms with Crippen molar-refractivity contribution in [3.63, 3.8) is 0 Å². The fourth-order valence-electron chi connectivity index (χ4n) is 4.84. The maximum atomic E-state index is 13.2. The van der Waals surface area contributed by atoms with Gasteiger partial charge in [0, 0.05) is 6.54 Å².